The molecule has 2 atom stereocenters. The Morgan fingerprint density at radius 1 is 1.62 bits per heavy atom. The van der Waals surface area contributed by atoms with Crippen LogP contribution in [0.5, 0.6) is 0 Å². The van der Waals surface area contributed by atoms with Gasteiger partial charge in [-0.25, -0.2) is 0 Å². The van der Waals surface area contributed by atoms with Crippen LogP contribution >= 0.6 is 17.0 Å². The first-order valence-electron chi connectivity index (χ1n) is 4.49. The summed E-state index contributed by atoms with van der Waals surface area (Å²) in [6.07, 6.45) is 3.04. The van der Waals surface area contributed by atoms with E-state index in [1.54, 1.807) is 14.0 Å². The minimum Gasteiger partial charge on any atom is -0.380 e. The highest BCUT2D eigenvalue weighted by Crippen LogP contribution is 2.14. The molecule has 0 aromatic rings. The third kappa shape index (κ3) is 4.20. The van der Waals surface area contributed by atoms with E-state index in [1.165, 1.54) is 0 Å². The van der Waals surface area contributed by atoms with Crippen molar-refractivity contribution >= 4 is 22.8 Å². The lowest BCUT2D eigenvalue weighted by Gasteiger charge is -2.30. The molecule has 0 bridgehead atoms. The van der Waals surface area contributed by atoms with E-state index in [1.807, 2.05) is 0 Å². The number of hydrogen-bond acceptors (Lipinski definition) is 3. The number of Topliss-reactive ketones (excluding diaryl/α,β-unsaturated/α-hetero) is 1. The highest BCUT2D eigenvalue weighted by atomic mass is 79.9. The van der Waals surface area contributed by atoms with E-state index in [4.69, 9.17) is 4.74 Å². The van der Waals surface area contributed by atoms with Crippen LogP contribution in [-0.2, 0) is 9.53 Å². The summed E-state index contributed by atoms with van der Waals surface area (Å²) in [6, 6.07) is 0.237. The molecule has 0 radical (unpaired) electrons. The van der Waals surface area contributed by atoms with E-state index in [2.05, 4.69) is 5.32 Å². The van der Waals surface area contributed by atoms with Gasteiger partial charge in [0.05, 0.1) is 6.10 Å². The van der Waals surface area contributed by atoms with Crippen molar-refractivity contribution < 1.29 is 9.53 Å². The van der Waals surface area contributed by atoms with Gasteiger partial charge in [-0.3, -0.25) is 4.79 Å². The number of ketones is 1. The topological polar surface area (TPSA) is 38.3 Å². The minimum absolute atomic E-state index is 0. The van der Waals surface area contributed by atoms with Crippen molar-refractivity contribution in [2.45, 2.75) is 38.3 Å². The van der Waals surface area contributed by atoms with Crippen LogP contribution in [0.15, 0.2) is 0 Å². The Labute approximate surface area is 90.0 Å². The summed E-state index contributed by atoms with van der Waals surface area (Å²) >= 11 is 0. The molecule has 13 heavy (non-hydrogen) atoms. The van der Waals surface area contributed by atoms with E-state index < -0.39 is 0 Å². The molecule has 0 aliphatic carbocycles. The lowest BCUT2D eigenvalue weighted by molar-refractivity contribution is -0.118. The highest BCUT2D eigenvalue weighted by Gasteiger charge is 2.24. The molecule has 0 saturated carbocycles. The molecular weight excluding hydrogens is 234 g/mol. The fraction of sp³-hybridized carbons (Fsp3) is 0.889. The molecule has 1 aliphatic rings. The fourth-order valence-electron chi connectivity index (χ4n) is 1.72. The van der Waals surface area contributed by atoms with Crippen molar-refractivity contribution in [3.05, 3.63) is 0 Å². The first-order chi connectivity index (χ1) is 5.74. The van der Waals surface area contributed by atoms with Gasteiger partial charge < -0.3 is 10.1 Å². The van der Waals surface area contributed by atoms with Gasteiger partial charge in [-0.2, -0.15) is 0 Å². The zero-order valence-electron chi connectivity index (χ0n) is 8.21. The van der Waals surface area contributed by atoms with Crippen molar-refractivity contribution in [3.63, 3.8) is 0 Å². The van der Waals surface area contributed by atoms with E-state index in [0.717, 1.165) is 19.4 Å². The van der Waals surface area contributed by atoms with Crippen LogP contribution in [0.4, 0.5) is 0 Å². The number of methoxy groups -OCH3 is 1. The number of nitrogens with one attached hydrogen (secondary N) is 1. The molecule has 78 valence electrons. The molecule has 0 spiro atoms. The molecule has 3 nitrogen and oxygen atoms in total. The Hall–Kier alpha value is 0.0700. The number of rotatable bonds is 3. The minimum atomic E-state index is 0. The van der Waals surface area contributed by atoms with Crippen molar-refractivity contribution in [1.82, 2.24) is 5.32 Å². The number of carbonyl (C=O) groups excluding carboxylic acids is 1. The maximum atomic E-state index is 10.9. The molecule has 1 rings (SSSR count). The summed E-state index contributed by atoms with van der Waals surface area (Å²) in [5, 5.41) is 3.31. The van der Waals surface area contributed by atoms with Crippen LogP contribution < -0.4 is 5.32 Å². The molecule has 1 fully saturated rings. The third-order valence-electron chi connectivity index (χ3n) is 2.33. The van der Waals surface area contributed by atoms with Gasteiger partial charge in [-0.15, -0.1) is 17.0 Å². The molecule has 1 aliphatic heterocycles. The number of ether oxygens (including phenoxy) is 1. The Balaban J connectivity index is 0.00000144. The lowest BCUT2D eigenvalue weighted by atomic mass is 9.97. The Bertz CT molecular complexity index is 164. The number of hydrogen-bond donors (Lipinski definition) is 1. The molecule has 1 saturated heterocycles. The summed E-state index contributed by atoms with van der Waals surface area (Å²) in [6.45, 7) is 2.64. The van der Waals surface area contributed by atoms with E-state index >= 15 is 0 Å². The second-order valence-corrected chi connectivity index (χ2v) is 3.38. The quantitative estimate of drug-likeness (QED) is 0.823. The molecule has 0 amide bonds. The summed E-state index contributed by atoms with van der Waals surface area (Å²) < 4.78 is 5.29. The van der Waals surface area contributed by atoms with E-state index in [-0.39, 0.29) is 34.9 Å². The normalized spacial score (nSPS) is 27.8. The molecule has 1 heterocycles. The van der Waals surface area contributed by atoms with Gasteiger partial charge in [0.2, 0.25) is 0 Å². The average Bonchev–Trinajstić information content (AvgIpc) is 2.04. The van der Waals surface area contributed by atoms with Crippen LogP contribution in [0.2, 0.25) is 0 Å². The standard InChI is InChI=1S/C9H17NO2.BrH/c1-7(11)6-8-9(12-2)4-3-5-10-8;/h8-10H,3-6H2,1-2H3;1H/t8-,9+;/m0./s1. The maximum Gasteiger partial charge on any atom is 0.131 e. The number of carbonyl (C=O) groups is 1. The van der Waals surface area contributed by atoms with Crippen LogP contribution in [0.1, 0.15) is 26.2 Å². The monoisotopic (exact) mass is 251 g/mol. The molecule has 0 aromatic carbocycles. The van der Waals surface area contributed by atoms with Gasteiger partial charge in [0.25, 0.3) is 0 Å². The van der Waals surface area contributed by atoms with Crippen molar-refractivity contribution in [1.29, 1.82) is 0 Å². The molecule has 1 N–H and O–H groups in total. The second-order valence-electron chi connectivity index (χ2n) is 3.38. The zero-order chi connectivity index (χ0) is 8.97. The number of halogens is 1. The van der Waals surface area contributed by atoms with Gasteiger partial charge in [-0.1, -0.05) is 0 Å². The number of piperidine rings is 1. The highest BCUT2D eigenvalue weighted by molar-refractivity contribution is 8.93. The SMILES string of the molecule is Br.CO[C@@H]1CCCN[C@H]1CC(C)=O. The van der Waals surface area contributed by atoms with Crippen LogP contribution in [0, 0.1) is 0 Å². The average molecular weight is 252 g/mol. The lowest BCUT2D eigenvalue weighted by Crippen LogP contribution is -2.46. The van der Waals surface area contributed by atoms with Crippen molar-refractivity contribution in [2.24, 2.45) is 0 Å². The van der Waals surface area contributed by atoms with Gasteiger partial charge >= 0.3 is 0 Å². The van der Waals surface area contributed by atoms with Gasteiger partial charge in [0.15, 0.2) is 0 Å². The predicted molar refractivity (Wildman–Crippen MR) is 57.4 cm³/mol. The van der Waals surface area contributed by atoms with Crippen LogP contribution in [0.25, 0.3) is 0 Å². The Morgan fingerprint density at radius 3 is 2.85 bits per heavy atom. The Morgan fingerprint density at radius 2 is 2.31 bits per heavy atom. The Kier molecular flexibility index (Phi) is 6.55. The maximum absolute atomic E-state index is 10.9. The first kappa shape index (κ1) is 13.1. The smallest absolute Gasteiger partial charge is 0.131 e. The van der Waals surface area contributed by atoms with Crippen LogP contribution in [0.3, 0.4) is 0 Å². The van der Waals surface area contributed by atoms with Crippen molar-refractivity contribution in [3.8, 4) is 0 Å². The first-order valence-corrected chi connectivity index (χ1v) is 4.49. The summed E-state index contributed by atoms with van der Waals surface area (Å²) in [7, 11) is 1.71. The predicted octanol–water partition coefficient (Wildman–Crippen LogP) is 1.31. The van der Waals surface area contributed by atoms with Gasteiger partial charge in [0, 0.05) is 19.6 Å². The van der Waals surface area contributed by atoms with Gasteiger partial charge in [0.1, 0.15) is 5.78 Å². The molecular formula is C9H18BrNO2. The molecule has 0 aromatic heterocycles. The second kappa shape index (κ2) is 6.51. The molecule has 4 heteroatoms. The largest absolute Gasteiger partial charge is 0.380 e. The summed E-state index contributed by atoms with van der Waals surface area (Å²) in [5.41, 5.74) is 0. The summed E-state index contributed by atoms with van der Waals surface area (Å²) in [5.74, 6) is 0.233. The van der Waals surface area contributed by atoms with E-state index in [9.17, 15) is 4.79 Å². The molecule has 0 unspecified atom stereocenters. The van der Waals surface area contributed by atoms with Gasteiger partial charge in [-0.05, 0) is 26.3 Å². The third-order valence-corrected chi connectivity index (χ3v) is 2.33. The zero-order valence-corrected chi connectivity index (χ0v) is 9.92. The fourth-order valence-corrected chi connectivity index (χ4v) is 1.72. The summed E-state index contributed by atoms with van der Waals surface area (Å²) in [4.78, 5) is 10.9. The van der Waals surface area contributed by atoms with E-state index in [0.29, 0.717) is 6.42 Å². The van der Waals surface area contributed by atoms with Crippen molar-refractivity contribution in [2.75, 3.05) is 13.7 Å². The van der Waals surface area contributed by atoms with Crippen LogP contribution in [-0.4, -0.2) is 31.6 Å².